The number of sulfonamides is 1. The molecule has 0 atom stereocenters. The number of hydrogen-bond acceptors (Lipinski definition) is 4. The zero-order chi connectivity index (χ0) is 21.4. The lowest BCUT2D eigenvalue weighted by atomic mass is 9.63. The molecule has 1 aliphatic heterocycles. The Labute approximate surface area is 182 Å². The van der Waals surface area contributed by atoms with Crippen molar-refractivity contribution in [1.82, 2.24) is 4.31 Å². The van der Waals surface area contributed by atoms with E-state index in [1.54, 1.807) is 24.3 Å². The van der Waals surface area contributed by atoms with Crippen LogP contribution in [0.2, 0.25) is 5.02 Å². The van der Waals surface area contributed by atoms with Gasteiger partial charge in [0.2, 0.25) is 15.9 Å². The topological polar surface area (TPSA) is 75.7 Å². The van der Waals surface area contributed by atoms with Gasteiger partial charge in [-0.2, -0.15) is 4.31 Å². The Hall–Kier alpha value is -1.93. The molecule has 8 heteroatoms. The van der Waals surface area contributed by atoms with E-state index in [0.29, 0.717) is 37.0 Å². The molecule has 1 saturated carbocycles. The Morgan fingerprint density at radius 3 is 2.50 bits per heavy atom. The molecule has 2 aromatic rings. The first-order chi connectivity index (χ1) is 14.3. The number of carbonyl (C=O) groups excluding carboxylic acids is 1. The smallest absolute Gasteiger partial charge is 0.243 e. The average Bonchev–Trinajstić information content (AvgIpc) is 2.69. The highest BCUT2D eigenvalue weighted by Gasteiger charge is 2.45. The molecule has 2 fully saturated rings. The van der Waals surface area contributed by atoms with Crippen molar-refractivity contribution in [2.75, 3.05) is 31.6 Å². The molecule has 1 amide bonds. The molecule has 2 aromatic carbocycles. The van der Waals surface area contributed by atoms with Crippen molar-refractivity contribution in [3.8, 4) is 0 Å². The number of amides is 1. The Bertz CT molecular complexity index is 1060. The number of ether oxygens (including phenoxy) is 1. The van der Waals surface area contributed by atoms with Crippen LogP contribution >= 0.6 is 11.6 Å². The second-order valence-electron chi connectivity index (χ2n) is 7.89. The third-order valence-corrected chi connectivity index (χ3v) is 8.21. The number of aryl methyl sites for hydroxylation is 1. The van der Waals surface area contributed by atoms with Gasteiger partial charge in [-0.15, -0.1) is 0 Å². The van der Waals surface area contributed by atoms with Crippen LogP contribution in [-0.4, -0.2) is 44.9 Å². The summed E-state index contributed by atoms with van der Waals surface area (Å²) in [7, 11) is -3.64. The summed E-state index contributed by atoms with van der Waals surface area (Å²) >= 11 is 6.15. The maximum Gasteiger partial charge on any atom is 0.243 e. The van der Waals surface area contributed by atoms with Crippen LogP contribution in [0, 0.1) is 6.92 Å². The SMILES string of the molecule is Cc1ccc(S(=O)(=O)N2CCOCC2)cc1NC(=O)C1(c2cccc(Cl)c2)CCC1. The van der Waals surface area contributed by atoms with Crippen molar-refractivity contribution in [3.63, 3.8) is 0 Å². The zero-order valence-electron chi connectivity index (χ0n) is 16.9. The predicted molar refractivity (Wildman–Crippen MR) is 116 cm³/mol. The van der Waals surface area contributed by atoms with E-state index in [4.69, 9.17) is 16.3 Å². The van der Waals surface area contributed by atoms with Gasteiger partial charge in [0.1, 0.15) is 0 Å². The van der Waals surface area contributed by atoms with E-state index in [-0.39, 0.29) is 10.8 Å². The first-order valence-electron chi connectivity index (χ1n) is 10.1. The number of morpholine rings is 1. The molecule has 30 heavy (non-hydrogen) atoms. The highest BCUT2D eigenvalue weighted by Crippen LogP contribution is 2.45. The van der Waals surface area contributed by atoms with Crippen LogP contribution in [0.3, 0.4) is 0 Å². The van der Waals surface area contributed by atoms with Gasteiger partial charge >= 0.3 is 0 Å². The van der Waals surface area contributed by atoms with Crippen molar-refractivity contribution in [1.29, 1.82) is 0 Å². The van der Waals surface area contributed by atoms with Gasteiger partial charge in [0.05, 0.1) is 23.5 Å². The number of anilines is 1. The molecule has 0 unspecified atom stereocenters. The summed E-state index contributed by atoms with van der Waals surface area (Å²) in [5.74, 6) is -0.125. The Morgan fingerprint density at radius 1 is 1.13 bits per heavy atom. The Balaban J connectivity index is 1.61. The van der Waals surface area contributed by atoms with E-state index in [9.17, 15) is 13.2 Å². The highest BCUT2D eigenvalue weighted by molar-refractivity contribution is 7.89. The van der Waals surface area contributed by atoms with Crippen LogP contribution in [0.1, 0.15) is 30.4 Å². The Kier molecular flexibility index (Phi) is 5.90. The average molecular weight is 449 g/mol. The largest absolute Gasteiger partial charge is 0.379 e. The minimum atomic E-state index is -3.64. The van der Waals surface area contributed by atoms with Crippen LogP contribution in [0.15, 0.2) is 47.4 Å². The van der Waals surface area contributed by atoms with Crippen molar-refractivity contribution in [2.45, 2.75) is 36.5 Å². The maximum absolute atomic E-state index is 13.3. The normalized spacial score (nSPS) is 19.1. The highest BCUT2D eigenvalue weighted by atomic mass is 35.5. The van der Waals surface area contributed by atoms with E-state index < -0.39 is 15.4 Å². The van der Waals surface area contributed by atoms with E-state index >= 15 is 0 Å². The van der Waals surface area contributed by atoms with Crippen LogP contribution in [0.5, 0.6) is 0 Å². The molecule has 0 spiro atoms. The molecule has 6 nitrogen and oxygen atoms in total. The molecular formula is C22H25ClN2O4S. The molecule has 0 radical (unpaired) electrons. The summed E-state index contributed by atoms with van der Waals surface area (Å²) in [6.07, 6.45) is 2.44. The molecule has 0 aromatic heterocycles. The summed E-state index contributed by atoms with van der Waals surface area (Å²) < 4.78 is 32.7. The first-order valence-corrected chi connectivity index (χ1v) is 11.9. The Morgan fingerprint density at radius 2 is 1.87 bits per heavy atom. The third-order valence-electron chi connectivity index (χ3n) is 6.08. The van der Waals surface area contributed by atoms with Gasteiger partial charge in [-0.25, -0.2) is 8.42 Å². The van der Waals surface area contributed by atoms with E-state index in [2.05, 4.69) is 5.32 Å². The van der Waals surface area contributed by atoms with Gasteiger partial charge in [-0.05, 0) is 55.2 Å². The molecule has 4 rings (SSSR count). The summed E-state index contributed by atoms with van der Waals surface area (Å²) in [5, 5.41) is 3.60. The van der Waals surface area contributed by atoms with Gasteiger partial charge in [0.15, 0.2) is 0 Å². The van der Waals surface area contributed by atoms with Crippen LogP contribution in [0.25, 0.3) is 0 Å². The predicted octanol–water partition coefficient (Wildman–Crippen LogP) is 3.73. The van der Waals surface area contributed by atoms with Gasteiger partial charge < -0.3 is 10.1 Å². The molecule has 1 aliphatic carbocycles. The minimum Gasteiger partial charge on any atom is -0.379 e. The minimum absolute atomic E-state index is 0.125. The fraction of sp³-hybridized carbons (Fsp3) is 0.409. The lowest BCUT2D eigenvalue weighted by Gasteiger charge is -2.41. The summed E-state index contributed by atoms with van der Waals surface area (Å²) in [6, 6.07) is 12.3. The number of carbonyl (C=O) groups is 1. The summed E-state index contributed by atoms with van der Waals surface area (Å²) in [5.41, 5.74) is 1.59. The molecule has 0 bridgehead atoms. The fourth-order valence-corrected chi connectivity index (χ4v) is 5.66. The van der Waals surface area contributed by atoms with Gasteiger partial charge in [-0.3, -0.25) is 4.79 Å². The lowest BCUT2D eigenvalue weighted by Crippen LogP contribution is -2.46. The number of nitrogens with one attached hydrogen (secondary N) is 1. The summed E-state index contributed by atoms with van der Waals surface area (Å²) in [4.78, 5) is 13.5. The number of nitrogens with zero attached hydrogens (tertiary/aromatic N) is 1. The van der Waals surface area contributed by atoms with Crippen molar-refractivity contribution in [3.05, 3.63) is 58.6 Å². The van der Waals surface area contributed by atoms with Crippen molar-refractivity contribution in [2.24, 2.45) is 0 Å². The number of benzene rings is 2. The molecule has 1 N–H and O–H groups in total. The van der Waals surface area contributed by atoms with Crippen molar-refractivity contribution < 1.29 is 17.9 Å². The molecule has 1 saturated heterocycles. The monoisotopic (exact) mass is 448 g/mol. The van der Waals surface area contributed by atoms with Crippen LogP contribution in [0.4, 0.5) is 5.69 Å². The number of hydrogen-bond donors (Lipinski definition) is 1. The molecule has 2 aliphatic rings. The van der Waals surface area contributed by atoms with Gasteiger partial charge in [-0.1, -0.05) is 36.2 Å². The maximum atomic E-state index is 13.3. The second-order valence-corrected chi connectivity index (χ2v) is 10.3. The van der Waals surface area contributed by atoms with Crippen LogP contribution < -0.4 is 5.32 Å². The van der Waals surface area contributed by atoms with E-state index in [0.717, 1.165) is 30.4 Å². The van der Waals surface area contributed by atoms with Gasteiger partial charge in [0.25, 0.3) is 0 Å². The zero-order valence-corrected chi connectivity index (χ0v) is 18.4. The quantitative estimate of drug-likeness (QED) is 0.756. The standard InChI is InChI=1S/C22H25ClN2O4S/c1-16-6-7-19(30(27,28)25-10-12-29-13-11-25)15-20(16)24-21(26)22(8-3-9-22)17-4-2-5-18(23)14-17/h2,4-7,14-15H,3,8-13H2,1H3,(H,24,26). The molecule has 1 heterocycles. The number of rotatable bonds is 5. The van der Waals surface area contributed by atoms with Crippen LogP contribution in [-0.2, 0) is 25.0 Å². The third kappa shape index (κ3) is 3.87. The lowest BCUT2D eigenvalue weighted by molar-refractivity contribution is -0.124. The second kappa shape index (κ2) is 8.30. The van der Waals surface area contributed by atoms with E-state index in [1.807, 2.05) is 25.1 Å². The molecular weight excluding hydrogens is 424 g/mol. The van der Waals surface area contributed by atoms with Gasteiger partial charge in [0, 0.05) is 23.8 Å². The number of halogens is 1. The van der Waals surface area contributed by atoms with Crippen molar-refractivity contribution >= 4 is 33.2 Å². The summed E-state index contributed by atoms with van der Waals surface area (Å²) in [6.45, 7) is 3.28. The van der Waals surface area contributed by atoms with E-state index in [1.165, 1.54) is 4.31 Å². The molecule has 160 valence electrons. The first kappa shape index (κ1) is 21.3. The fourth-order valence-electron chi connectivity index (χ4n) is 4.04.